The van der Waals surface area contributed by atoms with Crippen LogP contribution in [0.4, 0.5) is 5.69 Å². The first-order valence-corrected chi connectivity index (χ1v) is 9.20. The van der Waals surface area contributed by atoms with E-state index in [1.807, 2.05) is 25.1 Å². The van der Waals surface area contributed by atoms with E-state index in [-0.39, 0.29) is 28.1 Å². The Morgan fingerprint density at radius 1 is 1.39 bits per heavy atom. The molecule has 2 aromatic carbocycles. The molecule has 0 aliphatic rings. The van der Waals surface area contributed by atoms with Crippen molar-refractivity contribution in [3.8, 4) is 11.5 Å². The molecule has 0 unspecified atom stereocenters. The first-order chi connectivity index (χ1) is 13.2. The van der Waals surface area contributed by atoms with Crippen LogP contribution in [0.3, 0.4) is 0 Å². The van der Waals surface area contributed by atoms with Gasteiger partial charge < -0.3 is 9.84 Å². The predicted molar refractivity (Wildman–Crippen MR) is 109 cm³/mol. The Labute approximate surface area is 170 Å². The standard InChI is InChI=1S/C19H20BrN3O5/c1-11(2)13-5-4-12(3)17(7-13)28-10-18(24)22-21-9-14-6-15(23(26)27)8-16(20)19(14)25/h4-9,11,25H,10H2,1-3H3,(H,22,24)/b21-9+. The van der Waals surface area contributed by atoms with Crippen molar-refractivity contribution in [1.82, 2.24) is 5.43 Å². The van der Waals surface area contributed by atoms with E-state index in [2.05, 4.69) is 40.3 Å². The Kier molecular flexibility index (Phi) is 7.11. The molecule has 0 heterocycles. The third kappa shape index (κ3) is 5.53. The zero-order chi connectivity index (χ0) is 20.8. The molecule has 2 rings (SSSR count). The number of rotatable bonds is 7. The number of carbonyl (C=O) groups excluding carboxylic acids is 1. The molecule has 0 radical (unpaired) electrons. The van der Waals surface area contributed by atoms with E-state index in [1.165, 1.54) is 6.07 Å². The van der Waals surface area contributed by atoms with Crippen molar-refractivity contribution in [2.75, 3.05) is 6.61 Å². The number of carbonyl (C=O) groups is 1. The van der Waals surface area contributed by atoms with Gasteiger partial charge in [0.15, 0.2) is 6.61 Å². The largest absolute Gasteiger partial charge is 0.506 e. The van der Waals surface area contributed by atoms with Crippen LogP contribution in [0.15, 0.2) is 39.9 Å². The minimum Gasteiger partial charge on any atom is -0.506 e. The monoisotopic (exact) mass is 449 g/mol. The van der Waals surface area contributed by atoms with Crippen molar-refractivity contribution in [2.24, 2.45) is 5.10 Å². The van der Waals surface area contributed by atoms with Crippen LogP contribution in [-0.4, -0.2) is 28.8 Å². The molecule has 0 saturated carbocycles. The molecular formula is C19H20BrN3O5. The molecule has 0 bridgehead atoms. The van der Waals surface area contributed by atoms with E-state index in [0.29, 0.717) is 11.7 Å². The number of nitro groups is 1. The lowest BCUT2D eigenvalue weighted by atomic mass is 10.0. The Morgan fingerprint density at radius 3 is 2.75 bits per heavy atom. The lowest BCUT2D eigenvalue weighted by molar-refractivity contribution is -0.385. The van der Waals surface area contributed by atoms with Gasteiger partial charge in [-0.1, -0.05) is 26.0 Å². The van der Waals surface area contributed by atoms with Crippen LogP contribution in [-0.2, 0) is 4.79 Å². The van der Waals surface area contributed by atoms with E-state index >= 15 is 0 Å². The average Bonchev–Trinajstić information content (AvgIpc) is 2.63. The van der Waals surface area contributed by atoms with Gasteiger partial charge in [-0.3, -0.25) is 14.9 Å². The Bertz CT molecular complexity index is 928. The lowest BCUT2D eigenvalue weighted by Gasteiger charge is -2.12. The van der Waals surface area contributed by atoms with E-state index in [0.717, 1.165) is 23.4 Å². The number of aromatic hydroxyl groups is 1. The zero-order valence-corrected chi connectivity index (χ0v) is 17.2. The molecular weight excluding hydrogens is 430 g/mol. The molecule has 0 spiro atoms. The van der Waals surface area contributed by atoms with Crippen LogP contribution in [0.25, 0.3) is 0 Å². The first kappa shape index (κ1) is 21.4. The third-order valence-electron chi connectivity index (χ3n) is 3.92. The van der Waals surface area contributed by atoms with Gasteiger partial charge in [0.05, 0.1) is 15.6 Å². The molecule has 0 saturated heterocycles. The van der Waals surface area contributed by atoms with Crippen LogP contribution in [0.2, 0.25) is 0 Å². The number of hydrogen-bond acceptors (Lipinski definition) is 6. The number of nitrogens with one attached hydrogen (secondary N) is 1. The summed E-state index contributed by atoms with van der Waals surface area (Å²) >= 11 is 3.04. The molecule has 0 aromatic heterocycles. The number of aryl methyl sites for hydroxylation is 1. The highest BCUT2D eigenvalue weighted by molar-refractivity contribution is 9.10. The minimum atomic E-state index is -0.596. The van der Waals surface area contributed by atoms with Crippen LogP contribution in [0, 0.1) is 17.0 Å². The number of non-ortho nitro benzene ring substituents is 1. The number of hydrogen-bond donors (Lipinski definition) is 2. The van der Waals surface area contributed by atoms with E-state index < -0.39 is 10.8 Å². The third-order valence-corrected chi connectivity index (χ3v) is 4.52. The summed E-state index contributed by atoms with van der Waals surface area (Å²) in [6, 6.07) is 8.17. The summed E-state index contributed by atoms with van der Waals surface area (Å²) in [5, 5.41) is 24.5. The molecule has 0 atom stereocenters. The quantitative estimate of drug-likeness (QED) is 0.376. The van der Waals surface area contributed by atoms with Crippen LogP contribution in [0.5, 0.6) is 11.5 Å². The van der Waals surface area contributed by atoms with Gasteiger partial charge in [-0.2, -0.15) is 5.10 Å². The number of benzene rings is 2. The maximum Gasteiger partial charge on any atom is 0.277 e. The number of hydrazone groups is 1. The topological polar surface area (TPSA) is 114 Å². The highest BCUT2D eigenvalue weighted by atomic mass is 79.9. The van der Waals surface area contributed by atoms with Crippen molar-refractivity contribution in [3.63, 3.8) is 0 Å². The maximum atomic E-state index is 11.9. The van der Waals surface area contributed by atoms with Crippen molar-refractivity contribution in [3.05, 3.63) is 61.6 Å². The van der Waals surface area contributed by atoms with E-state index in [9.17, 15) is 20.0 Å². The Hall–Kier alpha value is -2.94. The lowest BCUT2D eigenvalue weighted by Crippen LogP contribution is -2.24. The normalized spacial score (nSPS) is 11.0. The smallest absolute Gasteiger partial charge is 0.277 e. The SMILES string of the molecule is Cc1ccc(C(C)C)cc1OCC(=O)N/N=C/c1cc([N+](=O)[O-])cc(Br)c1O. The number of phenolic OH excluding ortho intramolecular Hbond substituents is 1. The summed E-state index contributed by atoms with van der Waals surface area (Å²) in [5.74, 6) is 0.226. The minimum absolute atomic E-state index is 0.0859. The van der Waals surface area contributed by atoms with Crippen molar-refractivity contribution < 1.29 is 19.6 Å². The summed E-state index contributed by atoms with van der Waals surface area (Å²) in [4.78, 5) is 22.2. The van der Waals surface area contributed by atoms with Crippen LogP contribution < -0.4 is 10.2 Å². The van der Waals surface area contributed by atoms with Gasteiger partial charge in [0.1, 0.15) is 11.5 Å². The predicted octanol–water partition coefficient (Wildman–Crippen LogP) is 4.02. The van der Waals surface area contributed by atoms with Gasteiger partial charge in [0, 0.05) is 17.7 Å². The Morgan fingerprint density at radius 2 is 2.11 bits per heavy atom. The van der Waals surface area contributed by atoms with E-state index in [1.54, 1.807) is 0 Å². The van der Waals surface area contributed by atoms with Crippen LogP contribution >= 0.6 is 15.9 Å². The number of amides is 1. The van der Waals surface area contributed by atoms with Crippen molar-refractivity contribution in [1.29, 1.82) is 0 Å². The average molecular weight is 450 g/mol. The second-order valence-corrected chi connectivity index (χ2v) is 7.24. The highest BCUT2D eigenvalue weighted by Crippen LogP contribution is 2.31. The van der Waals surface area contributed by atoms with Crippen molar-refractivity contribution >= 4 is 33.7 Å². The fraction of sp³-hybridized carbons (Fsp3) is 0.263. The fourth-order valence-corrected chi connectivity index (χ4v) is 2.75. The maximum absolute atomic E-state index is 11.9. The number of phenols is 1. The molecule has 9 heteroatoms. The summed E-state index contributed by atoms with van der Waals surface area (Å²) in [6.07, 6.45) is 1.12. The number of halogens is 1. The second kappa shape index (κ2) is 9.32. The Balaban J connectivity index is 2.00. The molecule has 2 aromatic rings. The summed E-state index contributed by atoms with van der Waals surface area (Å²) in [6.45, 7) is 5.78. The molecule has 0 aliphatic heterocycles. The summed E-state index contributed by atoms with van der Waals surface area (Å²) in [5.41, 5.74) is 4.14. The van der Waals surface area contributed by atoms with Gasteiger partial charge in [-0.05, 0) is 46.0 Å². The van der Waals surface area contributed by atoms with Gasteiger partial charge in [-0.15, -0.1) is 0 Å². The highest BCUT2D eigenvalue weighted by Gasteiger charge is 2.14. The number of nitro benzene ring substituents is 1. The van der Waals surface area contributed by atoms with E-state index in [4.69, 9.17) is 4.74 Å². The summed E-state index contributed by atoms with van der Waals surface area (Å²) < 4.78 is 5.70. The zero-order valence-electron chi connectivity index (χ0n) is 15.6. The molecule has 0 aliphatic carbocycles. The van der Waals surface area contributed by atoms with Gasteiger partial charge >= 0.3 is 0 Å². The molecule has 2 N–H and O–H groups in total. The summed E-state index contributed by atoms with van der Waals surface area (Å²) in [7, 11) is 0. The molecule has 28 heavy (non-hydrogen) atoms. The number of ether oxygens (including phenoxy) is 1. The van der Waals surface area contributed by atoms with Gasteiger partial charge in [0.25, 0.3) is 11.6 Å². The first-order valence-electron chi connectivity index (χ1n) is 8.41. The van der Waals surface area contributed by atoms with Crippen molar-refractivity contribution in [2.45, 2.75) is 26.7 Å². The molecule has 1 amide bonds. The van der Waals surface area contributed by atoms with Gasteiger partial charge in [0.2, 0.25) is 0 Å². The van der Waals surface area contributed by atoms with Gasteiger partial charge in [-0.25, -0.2) is 5.43 Å². The molecule has 0 fully saturated rings. The molecule has 148 valence electrons. The fourth-order valence-electron chi connectivity index (χ4n) is 2.29. The number of nitrogens with zero attached hydrogens (tertiary/aromatic N) is 2. The van der Waals surface area contributed by atoms with Crippen LogP contribution in [0.1, 0.15) is 36.5 Å². The second-order valence-electron chi connectivity index (χ2n) is 6.38. The molecule has 8 nitrogen and oxygen atoms in total.